The predicted molar refractivity (Wildman–Crippen MR) is 72.3 cm³/mol. The van der Waals surface area contributed by atoms with E-state index < -0.39 is 6.10 Å². The zero-order valence-corrected chi connectivity index (χ0v) is 11.4. The van der Waals surface area contributed by atoms with Gasteiger partial charge < -0.3 is 5.11 Å². The zero-order valence-electron chi connectivity index (χ0n) is 9.83. The van der Waals surface area contributed by atoms with Gasteiger partial charge in [-0.2, -0.15) is 0 Å². The summed E-state index contributed by atoms with van der Waals surface area (Å²) in [6.45, 7) is 3.66. The Kier molecular flexibility index (Phi) is 6.45. The highest BCUT2D eigenvalue weighted by Gasteiger charge is 2.15. The molecule has 1 N–H and O–H groups in total. The first-order chi connectivity index (χ1) is 8.16. The largest absolute Gasteiger partial charge is 0.388 e. The van der Waals surface area contributed by atoms with Crippen molar-refractivity contribution in [3.05, 3.63) is 46.7 Å². The van der Waals surface area contributed by atoms with E-state index >= 15 is 0 Å². The smallest absolute Gasteiger partial charge is 0.130 e. The molecule has 17 heavy (non-hydrogen) atoms. The molecule has 0 fully saturated rings. The van der Waals surface area contributed by atoms with E-state index in [1.165, 1.54) is 6.07 Å². The lowest BCUT2D eigenvalue weighted by molar-refractivity contribution is 0.158. The van der Waals surface area contributed by atoms with Gasteiger partial charge in [0.25, 0.3) is 0 Å². The van der Waals surface area contributed by atoms with Gasteiger partial charge in [-0.3, -0.25) is 0 Å². The minimum absolute atomic E-state index is 0.349. The summed E-state index contributed by atoms with van der Waals surface area (Å²) >= 11 is 3.27. The summed E-state index contributed by atoms with van der Waals surface area (Å²) in [7, 11) is 0. The minimum atomic E-state index is -0.727. The molecule has 1 atom stereocenters. The van der Waals surface area contributed by atoms with Crippen LogP contribution in [0, 0.1) is 5.82 Å². The fourth-order valence-corrected chi connectivity index (χ4v) is 2.38. The number of hydrogen-bond donors (Lipinski definition) is 1. The number of aliphatic hydroxyl groups excluding tert-OH is 1. The second-order valence-electron chi connectivity index (χ2n) is 4.08. The second-order valence-corrected chi connectivity index (χ2v) is 4.93. The number of halogens is 2. The summed E-state index contributed by atoms with van der Waals surface area (Å²) in [4.78, 5) is 0. The highest BCUT2D eigenvalue weighted by molar-refractivity contribution is 9.10. The van der Waals surface area contributed by atoms with Gasteiger partial charge >= 0.3 is 0 Å². The van der Waals surface area contributed by atoms with E-state index in [0.717, 1.165) is 25.7 Å². The van der Waals surface area contributed by atoms with Crippen molar-refractivity contribution in [3.63, 3.8) is 0 Å². The Morgan fingerprint density at radius 3 is 2.76 bits per heavy atom. The molecule has 0 aromatic heterocycles. The average Bonchev–Trinajstić information content (AvgIpc) is 2.28. The molecule has 1 aromatic rings. The van der Waals surface area contributed by atoms with Crippen molar-refractivity contribution in [2.24, 2.45) is 0 Å². The predicted octanol–water partition coefficient (Wildman–Crippen LogP) is 4.76. The van der Waals surface area contributed by atoms with Crippen LogP contribution in [0.25, 0.3) is 0 Å². The Morgan fingerprint density at radius 2 is 2.12 bits per heavy atom. The third kappa shape index (κ3) is 4.60. The van der Waals surface area contributed by atoms with Crippen LogP contribution in [0.15, 0.2) is 35.3 Å². The summed E-state index contributed by atoms with van der Waals surface area (Å²) in [6, 6.07) is 4.75. The molecule has 3 heteroatoms. The Bertz CT molecular complexity index is 345. The van der Waals surface area contributed by atoms with E-state index in [1.807, 2.05) is 6.08 Å². The lowest BCUT2D eigenvalue weighted by Crippen LogP contribution is -2.02. The third-order valence-electron chi connectivity index (χ3n) is 2.72. The minimum Gasteiger partial charge on any atom is -0.388 e. The monoisotopic (exact) mass is 300 g/mol. The molecule has 0 aliphatic carbocycles. The van der Waals surface area contributed by atoms with Crippen LogP contribution in [0.2, 0.25) is 0 Å². The topological polar surface area (TPSA) is 20.2 Å². The molecule has 1 rings (SSSR count). The van der Waals surface area contributed by atoms with Crippen molar-refractivity contribution >= 4 is 15.9 Å². The van der Waals surface area contributed by atoms with Gasteiger partial charge in [0.1, 0.15) is 5.82 Å². The summed E-state index contributed by atoms with van der Waals surface area (Å²) in [6.07, 6.45) is 5.77. The fourth-order valence-electron chi connectivity index (χ4n) is 1.78. The summed E-state index contributed by atoms with van der Waals surface area (Å²) in [5, 5.41) is 9.95. The van der Waals surface area contributed by atoms with Gasteiger partial charge in [-0.25, -0.2) is 4.39 Å². The molecule has 0 saturated heterocycles. The molecule has 0 bridgehead atoms. The molecule has 0 amide bonds. The third-order valence-corrected chi connectivity index (χ3v) is 3.41. The van der Waals surface area contributed by atoms with Crippen LogP contribution in [0.5, 0.6) is 0 Å². The Morgan fingerprint density at radius 1 is 1.35 bits per heavy atom. The number of rotatable bonds is 7. The highest BCUT2D eigenvalue weighted by Crippen LogP contribution is 2.29. The van der Waals surface area contributed by atoms with E-state index in [0.29, 0.717) is 16.5 Å². The molecule has 0 saturated carbocycles. The number of benzene rings is 1. The Hall–Kier alpha value is -0.670. The molecule has 0 aliphatic rings. The zero-order chi connectivity index (χ0) is 12.7. The van der Waals surface area contributed by atoms with Crippen molar-refractivity contribution in [1.29, 1.82) is 0 Å². The van der Waals surface area contributed by atoms with Crippen molar-refractivity contribution < 1.29 is 9.50 Å². The van der Waals surface area contributed by atoms with E-state index in [9.17, 15) is 9.50 Å². The molecule has 0 aliphatic heterocycles. The van der Waals surface area contributed by atoms with Gasteiger partial charge in [0.05, 0.1) is 6.10 Å². The SMILES string of the molecule is C=CCCCCCC(O)c1c(F)cccc1Br. The maximum atomic E-state index is 13.5. The molecular weight excluding hydrogens is 283 g/mol. The average molecular weight is 301 g/mol. The molecule has 1 nitrogen and oxygen atoms in total. The summed E-state index contributed by atoms with van der Waals surface area (Å²) in [5.74, 6) is -0.349. The lowest BCUT2D eigenvalue weighted by Gasteiger charge is -2.13. The van der Waals surface area contributed by atoms with E-state index in [4.69, 9.17) is 0 Å². The van der Waals surface area contributed by atoms with Crippen LogP contribution in [-0.4, -0.2) is 5.11 Å². The Balaban J connectivity index is 2.46. The van der Waals surface area contributed by atoms with Gasteiger partial charge in [0, 0.05) is 10.0 Å². The van der Waals surface area contributed by atoms with E-state index in [-0.39, 0.29) is 5.82 Å². The molecule has 94 valence electrons. The van der Waals surface area contributed by atoms with Crippen molar-refractivity contribution in [1.82, 2.24) is 0 Å². The lowest BCUT2D eigenvalue weighted by atomic mass is 10.0. The van der Waals surface area contributed by atoms with Gasteiger partial charge in [0.2, 0.25) is 0 Å². The maximum Gasteiger partial charge on any atom is 0.130 e. The quantitative estimate of drug-likeness (QED) is 0.569. The first kappa shape index (κ1) is 14.4. The second kappa shape index (κ2) is 7.62. The van der Waals surface area contributed by atoms with Crippen LogP contribution in [0.4, 0.5) is 4.39 Å². The van der Waals surface area contributed by atoms with Gasteiger partial charge in [-0.1, -0.05) is 40.9 Å². The number of aliphatic hydroxyl groups is 1. The summed E-state index contributed by atoms with van der Waals surface area (Å²) < 4.78 is 14.2. The van der Waals surface area contributed by atoms with Crippen LogP contribution in [-0.2, 0) is 0 Å². The number of unbranched alkanes of at least 4 members (excludes halogenated alkanes) is 3. The van der Waals surface area contributed by atoms with Gasteiger partial charge in [0.15, 0.2) is 0 Å². The molecule has 0 radical (unpaired) electrons. The van der Waals surface area contributed by atoms with E-state index in [1.54, 1.807) is 12.1 Å². The van der Waals surface area contributed by atoms with E-state index in [2.05, 4.69) is 22.5 Å². The number of hydrogen-bond acceptors (Lipinski definition) is 1. The molecule has 0 heterocycles. The van der Waals surface area contributed by atoms with Crippen molar-refractivity contribution in [3.8, 4) is 0 Å². The first-order valence-corrected chi connectivity index (χ1v) is 6.69. The van der Waals surface area contributed by atoms with Crippen LogP contribution >= 0.6 is 15.9 Å². The molecule has 1 unspecified atom stereocenters. The first-order valence-electron chi connectivity index (χ1n) is 5.89. The van der Waals surface area contributed by atoms with Crippen LogP contribution in [0.1, 0.15) is 43.8 Å². The van der Waals surface area contributed by atoms with Crippen LogP contribution < -0.4 is 0 Å². The van der Waals surface area contributed by atoms with Gasteiger partial charge in [-0.05, 0) is 31.4 Å². The van der Waals surface area contributed by atoms with Gasteiger partial charge in [-0.15, -0.1) is 6.58 Å². The van der Waals surface area contributed by atoms with Crippen LogP contribution in [0.3, 0.4) is 0 Å². The molecule has 1 aromatic carbocycles. The fraction of sp³-hybridized carbons (Fsp3) is 0.429. The molecule has 0 spiro atoms. The molecular formula is C14H18BrFO. The normalized spacial score (nSPS) is 12.4. The van der Waals surface area contributed by atoms with Crippen molar-refractivity contribution in [2.75, 3.05) is 0 Å². The van der Waals surface area contributed by atoms with Crippen molar-refractivity contribution in [2.45, 2.75) is 38.2 Å². The summed E-state index contributed by atoms with van der Waals surface area (Å²) in [5.41, 5.74) is 0.372. The standard InChI is InChI=1S/C14H18BrFO/c1-2-3-4-5-6-10-13(17)14-11(15)8-7-9-12(14)16/h2,7-9,13,17H,1,3-6,10H2. The Labute approximate surface area is 110 Å². The highest BCUT2D eigenvalue weighted by atomic mass is 79.9. The number of allylic oxidation sites excluding steroid dienone is 1. The maximum absolute atomic E-state index is 13.5.